The fourth-order valence-corrected chi connectivity index (χ4v) is 2.02. The highest BCUT2D eigenvalue weighted by Gasteiger charge is 2.28. The maximum absolute atomic E-state index is 5.71. The van der Waals surface area contributed by atoms with Crippen LogP contribution >= 0.6 is 11.8 Å². The molecule has 1 aromatic rings. The largest absolute Gasteiger partial charge is 0.424 e. The summed E-state index contributed by atoms with van der Waals surface area (Å²) in [6, 6.07) is 1.80. The lowest BCUT2D eigenvalue weighted by Gasteiger charge is -2.14. The van der Waals surface area contributed by atoms with Crippen molar-refractivity contribution >= 4 is 23.5 Å². The van der Waals surface area contributed by atoms with Crippen molar-refractivity contribution < 1.29 is 4.42 Å². The molecule has 0 aliphatic carbocycles. The third-order valence-electron chi connectivity index (χ3n) is 1.65. The van der Waals surface area contributed by atoms with E-state index in [1.165, 1.54) is 0 Å². The zero-order valence-electron chi connectivity index (χ0n) is 6.07. The summed E-state index contributed by atoms with van der Waals surface area (Å²) in [6.07, 6.45) is 0. The first-order chi connectivity index (χ1) is 5.18. The Morgan fingerprint density at radius 2 is 2.45 bits per heavy atom. The lowest BCUT2D eigenvalue weighted by molar-refractivity contribution is 0.569. The average molecular weight is 171 g/mol. The summed E-state index contributed by atoms with van der Waals surface area (Å²) in [5.74, 6) is 1.22. The minimum Gasteiger partial charge on any atom is -0.424 e. The molecule has 1 aliphatic heterocycles. The van der Waals surface area contributed by atoms with Crippen molar-refractivity contribution in [3.63, 3.8) is 0 Å². The van der Waals surface area contributed by atoms with Gasteiger partial charge in [-0.2, -0.15) is 0 Å². The predicted octanol–water partition coefficient (Wildman–Crippen LogP) is 0.646. The van der Waals surface area contributed by atoms with Crippen LogP contribution in [0.2, 0.25) is 0 Å². The zero-order chi connectivity index (χ0) is 8.01. The van der Waals surface area contributed by atoms with Gasteiger partial charge in [0.05, 0.1) is 4.90 Å². The smallest absolute Gasteiger partial charge is 0.213 e. The lowest BCUT2D eigenvalue weighted by atomic mass is 10.5. The number of hydrogen-bond donors (Lipinski definition) is 2. The molecule has 0 bridgehead atoms. The van der Waals surface area contributed by atoms with E-state index in [2.05, 4.69) is 0 Å². The lowest BCUT2D eigenvalue weighted by Crippen LogP contribution is -2.32. The third kappa shape index (κ3) is 0.883. The molecule has 0 amide bonds. The van der Waals surface area contributed by atoms with Crippen LogP contribution in [0.25, 0.3) is 0 Å². The predicted molar refractivity (Wildman–Crippen MR) is 45.4 cm³/mol. The quantitative estimate of drug-likeness (QED) is 0.599. The molecule has 1 unspecified atom stereocenters. The Morgan fingerprint density at radius 1 is 1.73 bits per heavy atom. The Kier molecular flexibility index (Phi) is 1.30. The van der Waals surface area contributed by atoms with Crippen molar-refractivity contribution in [1.82, 2.24) is 0 Å². The van der Waals surface area contributed by atoms with Crippen molar-refractivity contribution in [2.24, 2.45) is 5.73 Å². The first kappa shape index (κ1) is 6.87. The number of nitrogens with zero attached hydrogens (tertiary/aromatic N) is 1. The van der Waals surface area contributed by atoms with Gasteiger partial charge in [-0.1, -0.05) is 11.8 Å². The molecule has 11 heavy (non-hydrogen) atoms. The van der Waals surface area contributed by atoms with Crippen LogP contribution in [-0.2, 0) is 0 Å². The van der Waals surface area contributed by atoms with Crippen LogP contribution in [-0.4, -0.2) is 12.5 Å². The molecule has 0 saturated carbocycles. The number of thioether (sulfide) groups is 1. The first-order valence-corrected chi connectivity index (χ1v) is 4.11. The number of nitrogens with two attached hydrogens (primary N) is 2. The van der Waals surface area contributed by atoms with Crippen molar-refractivity contribution in [3.8, 4) is 0 Å². The number of fused-ring (bicyclic) bond motifs is 1. The molecule has 4 N–H and O–H groups in total. The van der Waals surface area contributed by atoms with Crippen LogP contribution in [0.1, 0.15) is 0 Å². The van der Waals surface area contributed by atoms with Crippen LogP contribution < -0.4 is 16.4 Å². The summed E-state index contributed by atoms with van der Waals surface area (Å²) in [5.41, 5.74) is 11.1. The van der Waals surface area contributed by atoms with Crippen LogP contribution in [0.3, 0.4) is 0 Å². The van der Waals surface area contributed by atoms with E-state index in [1.807, 2.05) is 11.9 Å². The second-order valence-electron chi connectivity index (χ2n) is 2.44. The minimum absolute atomic E-state index is 0.0376. The van der Waals surface area contributed by atoms with Crippen LogP contribution in [0.15, 0.2) is 15.4 Å². The molecule has 2 rings (SSSR count). The van der Waals surface area contributed by atoms with E-state index in [4.69, 9.17) is 15.9 Å². The van der Waals surface area contributed by atoms with Crippen LogP contribution in [0.4, 0.5) is 11.8 Å². The highest BCUT2D eigenvalue weighted by Crippen LogP contribution is 2.43. The zero-order valence-corrected chi connectivity index (χ0v) is 6.89. The van der Waals surface area contributed by atoms with E-state index in [-0.39, 0.29) is 5.50 Å². The second-order valence-corrected chi connectivity index (χ2v) is 3.60. The van der Waals surface area contributed by atoms with E-state index in [9.17, 15) is 0 Å². The van der Waals surface area contributed by atoms with Crippen molar-refractivity contribution in [1.29, 1.82) is 0 Å². The van der Waals surface area contributed by atoms with Gasteiger partial charge in [-0.05, 0) is 0 Å². The van der Waals surface area contributed by atoms with Gasteiger partial charge < -0.3 is 20.8 Å². The summed E-state index contributed by atoms with van der Waals surface area (Å²) in [5, 5.41) is 0. The summed E-state index contributed by atoms with van der Waals surface area (Å²) < 4.78 is 5.21. The van der Waals surface area contributed by atoms with Crippen LogP contribution in [0, 0.1) is 0 Å². The van der Waals surface area contributed by atoms with Gasteiger partial charge in [0.2, 0.25) is 5.88 Å². The highest BCUT2D eigenvalue weighted by molar-refractivity contribution is 8.00. The van der Waals surface area contributed by atoms with E-state index < -0.39 is 0 Å². The molecule has 1 aliphatic rings. The molecule has 60 valence electrons. The topological polar surface area (TPSA) is 68.4 Å². The maximum Gasteiger partial charge on any atom is 0.213 e. The van der Waals surface area contributed by atoms with Crippen molar-refractivity contribution in [3.05, 3.63) is 6.07 Å². The Labute approximate surface area is 68.5 Å². The molecule has 0 radical (unpaired) electrons. The van der Waals surface area contributed by atoms with Gasteiger partial charge in [0.25, 0.3) is 0 Å². The summed E-state index contributed by atoms with van der Waals surface area (Å²) in [7, 11) is 1.88. The molecule has 4 nitrogen and oxygen atoms in total. The van der Waals surface area contributed by atoms with Gasteiger partial charge in [-0.25, -0.2) is 0 Å². The van der Waals surface area contributed by atoms with E-state index in [0.29, 0.717) is 5.88 Å². The monoisotopic (exact) mass is 171 g/mol. The SMILES string of the molecule is CN1c2oc(N)cc2SC1N. The first-order valence-electron chi connectivity index (χ1n) is 3.23. The van der Waals surface area contributed by atoms with Gasteiger partial charge in [-0.15, -0.1) is 0 Å². The highest BCUT2D eigenvalue weighted by atomic mass is 32.2. The van der Waals surface area contributed by atoms with Gasteiger partial charge in [0, 0.05) is 13.1 Å². The molecular weight excluding hydrogens is 162 g/mol. The van der Waals surface area contributed by atoms with E-state index >= 15 is 0 Å². The molecule has 5 heteroatoms. The summed E-state index contributed by atoms with van der Waals surface area (Å²) >= 11 is 1.55. The molecule has 0 saturated heterocycles. The Balaban J connectivity index is 2.44. The maximum atomic E-state index is 5.71. The van der Waals surface area contributed by atoms with Crippen molar-refractivity contribution in [2.75, 3.05) is 17.7 Å². The number of rotatable bonds is 0. The number of furan rings is 1. The van der Waals surface area contributed by atoms with Gasteiger partial charge >= 0.3 is 0 Å². The average Bonchev–Trinajstić information content (AvgIpc) is 2.37. The van der Waals surface area contributed by atoms with Gasteiger partial charge in [-0.3, -0.25) is 0 Å². The van der Waals surface area contributed by atoms with E-state index in [0.717, 1.165) is 10.8 Å². The Bertz CT molecular complexity index is 285. The van der Waals surface area contributed by atoms with E-state index in [1.54, 1.807) is 17.8 Å². The third-order valence-corrected chi connectivity index (χ3v) is 2.75. The fraction of sp³-hybridized carbons (Fsp3) is 0.333. The van der Waals surface area contributed by atoms with Gasteiger partial charge in [0.1, 0.15) is 5.50 Å². The molecule has 0 aromatic carbocycles. The molecule has 1 atom stereocenters. The molecule has 2 heterocycles. The Hall–Kier alpha value is -0.810. The van der Waals surface area contributed by atoms with Crippen LogP contribution in [0.5, 0.6) is 0 Å². The van der Waals surface area contributed by atoms with Gasteiger partial charge in [0.15, 0.2) is 5.88 Å². The fourth-order valence-electron chi connectivity index (χ4n) is 1.04. The summed E-state index contributed by atoms with van der Waals surface area (Å²) in [6.45, 7) is 0. The Morgan fingerprint density at radius 3 is 3.09 bits per heavy atom. The second kappa shape index (κ2) is 2.09. The number of hydrogen-bond acceptors (Lipinski definition) is 5. The standard InChI is InChI=1S/C6H9N3OS/c1-9-5-3(11-6(9)8)2-4(7)10-5/h2,6H,7-8H2,1H3. The number of anilines is 2. The molecule has 0 spiro atoms. The molecule has 1 aromatic heterocycles. The molecular formula is C6H9N3OS. The summed E-state index contributed by atoms with van der Waals surface area (Å²) in [4.78, 5) is 2.88. The number of nitrogen functional groups attached to an aromatic ring is 1. The van der Waals surface area contributed by atoms with Crippen molar-refractivity contribution in [2.45, 2.75) is 10.4 Å². The minimum atomic E-state index is -0.0376. The molecule has 0 fully saturated rings. The normalized spacial score (nSPS) is 22.4.